The Morgan fingerprint density at radius 1 is 0.514 bits per heavy atom. The molecule has 1 aromatic heterocycles. The summed E-state index contributed by atoms with van der Waals surface area (Å²) in [4.78, 5) is 59.0. The molecule has 0 aliphatic heterocycles. The monoisotopic (exact) mass is 487 g/mol. The molecule has 0 spiro atoms. The molecule has 7 rings (SSSR count). The van der Waals surface area contributed by atoms with E-state index in [1.54, 1.807) is 60.7 Å². The maximum absolute atomic E-state index is 14.0. The highest BCUT2D eigenvalue weighted by Crippen LogP contribution is 2.40. The van der Waals surface area contributed by atoms with E-state index in [1.807, 2.05) is 0 Å². The van der Waals surface area contributed by atoms with Crippen molar-refractivity contribution in [3.8, 4) is 11.5 Å². The summed E-state index contributed by atoms with van der Waals surface area (Å²) >= 11 is 0. The second-order valence-corrected chi connectivity index (χ2v) is 9.04. The molecule has 0 aliphatic rings. The number of methoxy groups -OCH3 is 2. The van der Waals surface area contributed by atoms with Crippen molar-refractivity contribution in [1.82, 2.24) is 4.98 Å². The second-order valence-electron chi connectivity index (χ2n) is 9.04. The zero-order chi connectivity index (χ0) is 25.6. The van der Waals surface area contributed by atoms with E-state index in [9.17, 15) is 19.2 Å². The van der Waals surface area contributed by atoms with Crippen molar-refractivity contribution >= 4 is 64.9 Å². The molecule has 37 heavy (non-hydrogen) atoms. The van der Waals surface area contributed by atoms with Gasteiger partial charge in [-0.3, -0.25) is 19.2 Å². The number of rotatable bonds is 2. The van der Waals surface area contributed by atoms with Gasteiger partial charge in [-0.25, -0.2) is 0 Å². The van der Waals surface area contributed by atoms with Gasteiger partial charge in [-0.15, -0.1) is 0 Å². The Balaban J connectivity index is 1.96. The average molecular weight is 487 g/mol. The van der Waals surface area contributed by atoms with Crippen LogP contribution in [-0.2, 0) is 0 Å². The van der Waals surface area contributed by atoms with Crippen LogP contribution in [0.4, 0.5) is 0 Å². The lowest BCUT2D eigenvalue weighted by molar-refractivity contribution is 0.356. The smallest absolute Gasteiger partial charge is 0.196 e. The number of nitrogens with one attached hydrogen (secondary N) is 1. The number of hydrogen-bond donors (Lipinski definition) is 1. The van der Waals surface area contributed by atoms with E-state index in [0.29, 0.717) is 33.3 Å². The van der Waals surface area contributed by atoms with E-state index in [1.165, 1.54) is 14.2 Å². The van der Waals surface area contributed by atoms with Crippen LogP contribution in [0.25, 0.3) is 64.9 Å². The van der Waals surface area contributed by atoms with Gasteiger partial charge in [0.2, 0.25) is 0 Å². The zero-order valence-corrected chi connectivity index (χ0v) is 19.7. The third kappa shape index (κ3) is 2.55. The molecule has 0 radical (unpaired) electrons. The maximum Gasteiger partial charge on any atom is 0.196 e. The lowest BCUT2D eigenvalue weighted by Crippen LogP contribution is -2.19. The van der Waals surface area contributed by atoms with E-state index in [4.69, 9.17) is 9.47 Å². The van der Waals surface area contributed by atoms with Crippen molar-refractivity contribution in [1.29, 1.82) is 0 Å². The largest absolute Gasteiger partial charge is 0.493 e. The van der Waals surface area contributed by atoms with Crippen LogP contribution in [0.3, 0.4) is 0 Å². The Hall–Kier alpha value is -5.04. The first kappa shape index (κ1) is 21.3. The lowest BCUT2D eigenvalue weighted by Gasteiger charge is -2.09. The van der Waals surface area contributed by atoms with Gasteiger partial charge in [0, 0.05) is 54.5 Å². The van der Waals surface area contributed by atoms with Gasteiger partial charge >= 0.3 is 0 Å². The number of fused-ring (bicyclic) bond motifs is 10. The average Bonchev–Trinajstić information content (AvgIpc) is 3.30. The fourth-order valence-electron chi connectivity index (χ4n) is 5.67. The van der Waals surface area contributed by atoms with Gasteiger partial charge < -0.3 is 14.5 Å². The summed E-state index contributed by atoms with van der Waals surface area (Å²) in [7, 11) is 3.01. The van der Waals surface area contributed by atoms with Crippen molar-refractivity contribution in [2.24, 2.45) is 0 Å². The number of hydrogen-bond acceptors (Lipinski definition) is 6. The van der Waals surface area contributed by atoms with Crippen LogP contribution >= 0.6 is 0 Å². The molecule has 1 heterocycles. The molecular weight excluding hydrogens is 470 g/mol. The number of benzene rings is 6. The molecule has 0 saturated carbocycles. The molecule has 178 valence electrons. The SMILES string of the molecule is COc1cc2[nH]c3c4c(=O)c5ccccc5c(=O)c4c4c(=O)c5ccccc5c(=O)c4c3c2cc1OC. The molecule has 1 N–H and O–H groups in total. The third-order valence-corrected chi connectivity index (χ3v) is 7.29. The Morgan fingerprint density at radius 2 is 0.919 bits per heavy atom. The normalized spacial score (nSPS) is 11.9. The van der Waals surface area contributed by atoms with Crippen LogP contribution in [0.2, 0.25) is 0 Å². The van der Waals surface area contributed by atoms with E-state index in [-0.39, 0.29) is 53.9 Å². The molecule has 0 atom stereocenters. The first-order chi connectivity index (χ1) is 18.0. The van der Waals surface area contributed by atoms with Crippen LogP contribution in [0.1, 0.15) is 0 Å². The predicted molar refractivity (Wildman–Crippen MR) is 146 cm³/mol. The highest BCUT2D eigenvalue weighted by atomic mass is 16.5. The summed E-state index contributed by atoms with van der Waals surface area (Å²) < 4.78 is 10.9. The molecule has 0 saturated heterocycles. The Morgan fingerprint density at radius 3 is 1.41 bits per heavy atom. The summed E-state index contributed by atoms with van der Waals surface area (Å²) in [5.41, 5.74) is -0.791. The Bertz CT molecular complexity index is 2360. The number of aromatic amines is 1. The fourth-order valence-corrected chi connectivity index (χ4v) is 5.67. The quantitative estimate of drug-likeness (QED) is 0.289. The minimum absolute atomic E-state index is 0.0327. The van der Waals surface area contributed by atoms with Crippen molar-refractivity contribution in [2.75, 3.05) is 14.2 Å². The standard InChI is InChI=1S/C30H17NO6/c1-36-19-11-17-18(12-20(19)37-2)31-26-21(17)22-23(28(33)14-8-4-3-7-13(14)27(22)32)24-25(26)30(35)16-10-6-5-9-15(16)29(24)34/h3-12,31H,1-2H3. The summed E-state index contributed by atoms with van der Waals surface area (Å²) in [6.45, 7) is 0. The van der Waals surface area contributed by atoms with E-state index < -0.39 is 10.9 Å². The second kappa shape index (κ2) is 7.24. The molecule has 0 aliphatic carbocycles. The molecule has 0 fully saturated rings. The van der Waals surface area contributed by atoms with Gasteiger partial charge in [-0.1, -0.05) is 48.5 Å². The van der Waals surface area contributed by atoms with Crippen molar-refractivity contribution in [3.63, 3.8) is 0 Å². The molecule has 0 amide bonds. The highest BCUT2D eigenvalue weighted by molar-refractivity contribution is 6.33. The molecule has 7 heteroatoms. The Labute approximate surface area is 206 Å². The van der Waals surface area contributed by atoms with Gasteiger partial charge in [-0.2, -0.15) is 0 Å². The summed E-state index contributed by atoms with van der Waals surface area (Å²) in [5.74, 6) is 0.870. The number of H-pyrrole nitrogens is 1. The van der Waals surface area contributed by atoms with Crippen LogP contribution in [0, 0.1) is 0 Å². The molecule has 7 aromatic rings. The van der Waals surface area contributed by atoms with Gasteiger partial charge in [-0.05, 0) is 6.07 Å². The van der Waals surface area contributed by atoms with E-state index in [2.05, 4.69) is 4.98 Å². The third-order valence-electron chi connectivity index (χ3n) is 7.29. The van der Waals surface area contributed by atoms with E-state index in [0.717, 1.165) is 0 Å². The minimum Gasteiger partial charge on any atom is -0.493 e. The topological polar surface area (TPSA) is 103 Å². The van der Waals surface area contributed by atoms with Gasteiger partial charge in [0.05, 0.1) is 30.6 Å². The summed E-state index contributed by atoms with van der Waals surface area (Å²) in [6, 6.07) is 16.5. The van der Waals surface area contributed by atoms with Crippen molar-refractivity contribution in [3.05, 3.63) is 102 Å². The molecular formula is C30H17NO6. The van der Waals surface area contributed by atoms with Crippen molar-refractivity contribution in [2.45, 2.75) is 0 Å². The molecule has 6 aromatic carbocycles. The van der Waals surface area contributed by atoms with Crippen LogP contribution in [0.5, 0.6) is 11.5 Å². The van der Waals surface area contributed by atoms with Crippen LogP contribution in [-0.4, -0.2) is 19.2 Å². The maximum atomic E-state index is 14.0. The molecule has 0 unspecified atom stereocenters. The first-order valence-electron chi connectivity index (χ1n) is 11.6. The van der Waals surface area contributed by atoms with Crippen molar-refractivity contribution < 1.29 is 9.47 Å². The first-order valence-corrected chi connectivity index (χ1v) is 11.6. The number of aromatic nitrogens is 1. The Kier molecular flexibility index (Phi) is 4.16. The lowest BCUT2D eigenvalue weighted by atomic mass is 9.91. The minimum atomic E-state index is -0.460. The van der Waals surface area contributed by atoms with E-state index >= 15 is 0 Å². The molecule has 0 bridgehead atoms. The zero-order valence-electron chi connectivity index (χ0n) is 19.7. The van der Waals surface area contributed by atoms with Crippen LogP contribution in [0.15, 0.2) is 79.8 Å². The number of ether oxygens (including phenoxy) is 2. The highest BCUT2D eigenvalue weighted by Gasteiger charge is 2.25. The predicted octanol–water partition coefficient (Wildman–Crippen LogP) is 4.27. The van der Waals surface area contributed by atoms with Gasteiger partial charge in [0.1, 0.15) is 0 Å². The van der Waals surface area contributed by atoms with Gasteiger partial charge in [0.25, 0.3) is 0 Å². The fraction of sp³-hybridized carbons (Fsp3) is 0.0667. The molecule has 7 nitrogen and oxygen atoms in total. The van der Waals surface area contributed by atoms with Crippen LogP contribution < -0.4 is 31.2 Å². The summed E-state index contributed by atoms with van der Waals surface area (Å²) in [5, 5.41) is 2.03. The summed E-state index contributed by atoms with van der Waals surface area (Å²) in [6.07, 6.45) is 0. The van der Waals surface area contributed by atoms with Gasteiger partial charge in [0.15, 0.2) is 33.2 Å².